The lowest BCUT2D eigenvalue weighted by Crippen LogP contribution is -2.34. The van der Waals surface area contributed by atoms with E-state index in [-0.39, 0.29) is 30.4 Å². The Morgan fingerprint density at radius 1 is 0.853 bits per heavy atom. The van der Waals surface area contributed by atoms with Gasteiger partial charge in [0.2, 0.25) is 0 Å². The molecule has 0 aliphatic rings. The molecule has 8 heteroatoms. The fourth-order valence-electron chi connectivity index (χ4n) is 3.01. The van der Waals surface area contributed by atoms with Gasteiger partial charge in [0.1, 0.15) is 5.75 Å². The number of hydrogen-bond donors (Lipinski definition) is 3. The molecule has 0 saturated heterocycles. The number of urea groups is 1. The molecule has 3 aromatic carbocycles. The van der Waals surface area contributed by atoms with Gasteiger partial charge in [0.05, 0.1) is 0 Å². The normalized spacial score (nSPS) is 10.5. The number of carbonyl (C=O) groups is 3. The van der Waals surface area contributed by atoms with Crippen molar-refractivity contribution in [2.24, 2.45) is 0 Å². The molecule has 0 aromatic heterocycles. The monoisotopic (exact) mass is 479 g/mol. The summed E-state index contributed by atoms with van der Waals surface area (Å²) in [5.74, 6) is 0.0838. The molecule has 3 rings (SSSR count). The van der Waals surface area contributed by atoms with Crippen LogP contribution in [0.2, 0.25) is 5.02 Å². The number of rotatable bonds is 9. The Morgan fingerprint density at radius 2 is 1.44 bits per heavy atom. The van der Waals surface area contributed by atoms with E-state index in [2.05, 4.69) is 16.0 Å². The number of carbonyl (C=O) groups excluding carboxylic acids is 3. The second-order valence-electron chi connectivity index (χ2n) is 7.88. The zero-order chi connectivity index (χ0) is 24.5. The van der Waals surface area contributed by atoms with Crippen molar-refractivity contribution in [1.82, 2.24) is 10.6 Å². The number of ketones is 1. The third kappa shape index (κ3) is 7.64. The summed E-state index contributed by atoms with van der Waals surface area (Å²) in [6, 6.07) is 20.3. The van der Waals surface area contributed by atoms with E-state index in [0.717, 1.165) is 5.56 Å². The van der Waals surface area contributed by atoms with Crippen molar-refractivity contribution in [2.75, 3.05) is 11.9 Å². The summed E-state index contributed by atoms with van der Waals surface area (Å²) in [5.41, 5.74) is 2.60. The highest BCUT2D eigenvalue weighted by molar-refractivity contribution is 6.30. The average molecular weight is 480 g/mol. The van der Waals surface area contributed by atoms with Crippen LogP contribution in [0.5, 0.6) is 5.75 Å². The van der Waals surface area contributed by atoms with Crippen molar-refractivity contribution < 1.29 is 19.1 Å². The van der Waals surface area contributed by atoms with E-state index in [9.17, 15) is 14.4 Å². The molecule has 0 atom stereocenters. The number of halogens is 1. The quantitative estimate of drug-likeness (QED) is 0.384. The number of anilines is 1. The van der Waals surface area contributed by atoms with Gasteiger partial charge in [0.15, 0.2) is 12.4 Å². The van der Waals surface area contributed by atoms with Gasteiger partial charge < -0.3 is 20.7 Å². The molecule has 3 N–H and O–H groups in total. The van der Waals surface area contributed by atoms with E-state index < -0.39 is 0 Å². The molecule has 0 heterocycles. The van der Waals surface area contributed by atoms with Crippen LogP contribution >= 0.6 is 11.6 Å². The molecule has 0 aliphatic heterocycles. The number of benzene rings is 3. The lowest BCUT2D eigenvalue weighted by atomic mass is 10.0. The average Bonchev–Trinajstić information content (AvgIpc) is 2.82. The minimum absolute atomic E-state index is 0.0477. The van der Waals surface area contributed by atoms with Gasteiger partial charge in [-0.15, -0.1) is 0 Å². The van der Waals surface area contributed by atoms with Crippen LogP contribution in [0, 0.1) is 0 Å². The lowest BCUT2D eigenvalue weighted by molar-refractivity contribution is -0.123. The van der Waals surface area contributed by atoms with Crippen LogP contribution in [0.4, 0.5) is 10.5 Å². The van der Waals surface area contributed by atoms with Crippen LogP contribution in [0.25, 0.3) is 0 Å². The first-order valence-corrected chi connectivity index (χ1v) is 11.1. The van der Waals surface area contributed by atoms with E-state index in [1.807, 2.05) is 26.0 Å². The van der Waals surface area contributed by atoms with Gasteiger partial charge in [-0.1, -0.05) is 23.7 Å². The number of ether oxygens (including phenoxy) is 1. The molecular weight excluding hydrogens is 454 g/mol. The Morgan fingerprint density at radius 3 is 2.03 bits per heavy atom. The predicted molar refractivity (Wildman–Crippen MR) is 132 cm³/mol. The van der Waals surface area contributed by atoms with Gasteiger partial charge in [-0.25, -0.2) is 4.79 Å². The third-order valence-corrected chi connectivity index (χ3v) is 4.97. The van der Waals surface area contributed by atoms with Crippen LogP contribution in [-0.2, 0) is 11.3 Å². The Labute approximate surface area is 203 Å². The third-order valence-electron chi connectivity index (χ3n) is 4.71. The topological polar surface area (TPSA) is 96.5 Å². The fraction of sp³-hybridized carbons (Fsp3) is 0.192. The summed E-state index contributed by atoms with van der Waals surface area (Å²) in [5, 5.41) is 8.84. The van der Waals surface area contributed by atoms with Crippen molar-refractivity contribution in [3.8, 4) is 5.75 Å². The molecule has 0 bridgehead atoms. The van der Waals surface area contributed by atoms with Gasteiger partial charge in [-0.05, 0) is 80.1 Å². The van der Waals surface area contributed by atoms with Gasteiger partial charge in [0, 0.05) is 34.4 Å². The predicted octanol–water partition coefficient (Wildman–Crippen LogP) is 4.80. The Balaban J connectivity index is 1.43. The Hall–Kier alpha value is -3.84. The summed E-state index contributed by atoms with van der Waals surface area (Å²) < 4.78 is 5.51. The van der Waals surface area contributed by atoms with Crippen LogP contribution in [0.15, 0.2) is 72.8 Å². The summed E-state index contributed by atoms with van der Waals surface area (Å²) in [6.45, 7) is 3.94. The Bertz CT molecular complexity index is 1130. The molecule has 0 unspecified atom stereocenters. The molecule has 0 fully saturated rings. The molecule has 3 aromatic rings. The van der Waals surface area contributed by atoms with E-state index >= 15 is 0 Å². The molecule has 3 amide bonds. The molecule has 34 heavy (non-hydrogen) atoms. The molecule has 176 valence electrons. The molecule has 7 nitrogen and oxygen atoms in total. The van der Waals surface area contributed by atoms with Crippen LogP contribution in [0.1, 0.15) is 35.3 Å². The van der Waals surface area contributed by atoms with Gasteiger partial charge >= 0.3 is 6.03 Å². The largest absolute Gasteiger partial charge is 0.484 e. The molecule has 0 spiro atoms. The van der Waals surface area contributed by atoms with E-state index in [4.69, 9.17) is 16.3 Å². The highest BCUT2D eigenvalue weighted by Gasteiger charge is 2.10. The zero-order valence-corrected chi connectivity index (χ0v) is 19.7. The molecule has 0 saturated carbocycles. The number of hydrogen-bond acceptors (Lipinski definition) is 4. The maximum Gasteiger partial charge on any atom is 0.319 e. The van der Waals surface area contributed by atoms with Crippen molar-refractivity contribution in [3.63, 3.8) is 0 Å². The van der Waals surface area contributed by atoms with Crippen molar-refractivity contribution in [2.45, 2.75) is 26.4 Å². The van der Waals surface area contributed by atoms with E-state index in [1.165, 1.54) is 0 Å². The first-order valence-electron chi connectivity index (χ1n) is 10.8. The van der Waals surface area contributed by atoms with Crippen LogP contribution in [-0.4, -0.2) is 30.4 Å². The molecule has 0 radical (unpaired) electrons. The minimum atomic E-state index is -0.278. The summed E-state index contributed by atoms with van der Waals surface area (Å²) in [4.78, 5) is 36.4. The highest BCUT2D eigenvalue weighted by Crippen LogP contribution is 2.17. The standard InChI is InChI=1S/C26H26ClN3O4/c1-17(2)29-26(33)30-22-11-3-18(4-12-22)15-28-24(31)16-34-23-13-7-20(8-14-23)25(32)19-5-9-21(27)10-6-19/h3-14,17H,15-16H2,1-2H3,(H,28,31)(H2,29,30,33). The maximum absolute atomic E-state index is 12.5. The van der Waals surface area contributed by atoms with Crippen LogP contribution < -0.4 is 20.7 Å². The van der Waals surface area contributed by atoms with E-state index in [1.54, 1.807) is 60.7 Å². The van der Waals surface area contributed by atoms with Gasteiger partial charge in [-0.2, -0.15) is 0 Å². The first-order chi connectivity index (χ1) is 16.3. The van der Waals surface area contributed by atoms with Gasteiger partial charge in [-0.3, -0.25) is 9.59 Å². The highest BCUT2D eigenvalue weighted by atomic mass is 35.5. The molecular formula is C26H26ClN3O4. The summed E-state index contributed by atoms with van der Waals surface area (Å²) in [6.07, 6.45) is 0. The maximum atomic E-state index is 12.5. The van der Waals surface area contributed by atoms with E-state index in [0.29, 0.717) is 34.1 Å². The molecule has 0 aliphatic carbocycles. The first kappa shape index (κ1) is 24.8. The van der Waals surface area contributed by atoms with Crippen molar-refractivity contribution in [3.05, 3.63) is 94.5 Å². The summed E-state index contributed by atoms with van der Waals surface area (Å²) >= 11 is 5.86. The van der Waals surface area contributed by atoms with Crippen molar-refractivity contribution in [1.29, 1.82) is 0 Å². The van der Waals surface area contributed by atoms with Crippen molar-refractivity contribution >= 4 is 35.0 Å². The van der Waals surface area contributed by atoms with Gasteiger partial charge in [0.25, 0.3) is 5.91 Å². The number of amides is 3. The zero-order valence-electron chi connectivity index (χ0n) is 18.9. The lowest BCUT2D eigenvalue weighted by Gasteiger charge is -2.11. The minimum Gasteiger partial charge on any atom is -0.484 e. The second kappa shape index (κ2) is 11.9. The van der Waals surface area contributed by atoms with Crippen LogP contribution in [0.3, 0.4) is 0 Å². The summed E-state index contributed by atoms with van der Waals surface area (Å²) in [7, 11) is 0. The number of nitrogens with one attached hydrogen (secondary N) is 3. The second-order valence-corrected chi connectivity index (χ2v) is 8.31. The SMILES string of the molecule is CC(C)NC(=O)Nc1ccc(CNC(=O)COc2ccc(C(=O)c3ccc(Cl)cc3)cc2)cc1. The fourth-order valence-corrected chi connectivity index (χ4v) is 3.13. The Kier molecular flexibility index (Phi) is 8.65. The smallest absolute Gasteiger partial charge is 0.319 e.